The van der Waals surface area contributed by atoms with Gasteiger partial charge in [-0.15, -0.1) is 0 Å². The number of nitrogens with zero attached hydrogens (tertiary/aromatic N) is 3. The first-order chi connectivity index (χ1) is 13.2. The topological polar surface area (TPSA) is 81.3 Å². The summed E-state index contributed by atoms with van der Waals surface area (Å²) in [6.45, 7) is 3.59. The number of phenolic OH excluding ortho intramolecular Hbond substituents is 1. The smallest absolute Gasteiger partial charge is 0.289 e. The van der Waals surface area contributed by atoms with Crippen molar-refractivity contribution in [1.29, 1.82) is 0 Å². The quantitative estimate of drug-likeness (QED) is 0.478. The molecule has 3 rings (SSSR count). The van der Waals surface area contributed by atoms with E-state index in [1.807, 2.05) is 17.0 Å². The summed E-state index contributed by atoms with van der Waals surface area (Å²) in [6, 6.07) is 10.7. The highest BCUT2D eigenvalue weighted by molar-refractivity contribution is 5.91. The first-order valence-corrected chi connectivity index (χ1v) is 9.23. The Hall–Kier alpha value is -2.96. The molecule has 0 spiro atoms. The van der Waals surface area contributed by atoms with Crippen LogP contribution in [0.5, 0.6) is 5.75 Å². The predicted octanol–water partition coefficient (Wildman–Crippen LogP) is 1.95. The zero-order chi connectivity index (χ0) is 19.1. The summed E-state index contributed by atoms with van der Waals surface area (Å²) in [7, 11) is 1.78. The Balaban J connectivity index is 1.41. The Labute approximate surface area is 159 Å². The van der Waals surface area contributed by atoms with E-state index in [9.17, 15) is 9.90 Å². The number of hydrogen-bond acceptors (Lipinski definition) is 4. The molecule has 0 saturated carbocycles. The van der Waals surface area contributed by atoms with Crippen molar-refractivity contribution in [3.63, 3.8) is 0 Å². The Bertz CT molecular complexity index is 748. The maximum Gasteiger partial charge on any atom is 0.289 e. The lowest BCUT2D eigenvalue weighted by Crippen LogP contribution is -2.53. The molecule has 1 amide bonds. The summed E-state index contributed by atoms with van der Waals surface area (Å²) in [4.78, 5) is 20.7. The molecular weight excluding hydrogens is 344 g/mol. The second-order valence-electron chi connectivity index (χ2n) is 6.50. The van der Waals surface area contributed by atoms with Gasteiger partial charge in [-0.3, -0.25) is 9.79 Å². The van der Waals surface area contributed by atoms with Crippen molar-refractivity contribution >= 4 is 11.9 Å². The molecule has 1 aliphatic rings. The minimum absolute atomic E-state index is 0.0588. The van der Waals surface area contributed by atoms with Gasteiger partial charge in [0.1, 0.15) is 5.75 Å². The third-order valence-corrected chi connectivity index (χ3v) is 4.67. The van der Waals surface area contributed by atoms with Crippen LogP contribution in [0.25, 0.3) is 0 Å². The monoisotopic (exact) mass is 370 g/mol. The maximum atomic E-state index is 12.3. The van der Waals surface area contributed by atoms with Crippen LogP contribution in [0.1, 0.15) is 22.5 Å². The lowest BCUT2D eigenvalue weighted by Gasteiger charge is -2.36. The van der Waals surface area contributed by atoms with Gasteiger partial charge in [-0.25, -0.2) is 0 Å². The first-order valence-electron chi connectivity index (χ1n) is 9.23. The van der Waals surface area contributed by atoms with Crippen molar-refractivity contribution in [3.05, 3.63) is 54.0 Å². The Morgan fingerprint density at radius 2 is 1.85 bits per heavy atom. The number of aryl methyl sites for hydroxylation is 1. The van der Waals surface area contributed by atoms with Crippen LogP contribution >= 0.6 is 0 Å². The Morgan fingerprint density at radius 1 is 1.15 bits per heavy atom. The molecule has 7 nitrogen and oxygen atoms in total. The van der Waals surface area contributed by atoms with E-state index in [1.54, 1.807) is 31.3 Å². The van der Waals surface area contributed by atoms with Crippen LogP contribution in [0.4, 0.5) is 0 Å². The van der Waals surface area contributed by atoms with Crippen LogP contribution in [0.2, 0.25) is 0 Å². The highest BCUT2D eigenvalue weighted by Crippen LogP contribution is 2.11. The number of phenols is 1. The van der Waals surface area contributed by atoms with Gasteiger partial charge < -0.3 is 24.6 Å². The number of furan rings is 1. The van der Waals surface area contributed by atoms with Crippen molar-refractivity contribution in [1.82, 2.24) is 15.1 Å². The number of benzene rings is 1. The second kappa shape index (κ2) is 9.12. The third kappa shape index (κ3) is 5.03. The molecule has 2 N–H and O–H groups in total. The summed E-state index contributed by atoms with van der Waals surface area (Å²) in [6.07, 6.45) is 3.43. The van der Waals surface area contributed by atoms with E-state index < -0.39 is 0 Å². The number of aromatic hydroxyl groups is 1. The normalized spacial score (nSPS) is 15.1. The van der Waals surface area contributed by atoms with E-state index in [0.29, 0.717) is 24.6 Å². The van der Waals surface area contributed by atoms with Crippen LogP contribution < -0.4 is 5.32 Å². The number of hydrogen-bond donors (Lipinski definition) is 2. The zero-order valence-corrected chi connectivity index (χ0v) is 15.6. The summed E-state index contributed by atoms with van der Waals surface area (Å²) < 4.78 is 5.20. The minimum Gasteiger partial charge on any atom is -0.508 e. The molecule has 0 atom stereocenters. The third-order valence-electron chi connectivity index (χ3n) is 4.67. The van der Waals surface area contributed by atoms with E-state index in [-0.39, 0.29) is 5.91 Å². The van der Waals surface area contributed by atoms with E-state index in [1.165, 1.54) is 11.8 Å². The fraction of sp³-hybridized carbons (Fsp3) is 0.400. The van der Waals surface area contributed by atoms with E-state index in [2.05, 4.69) is 15.2 Å². The molecule has 1 aromatic carbocycles. The van der Waals surface area contributed by atoms with Gasteiger partial charge in [0.15, 0.2) is 11.7 Å². The number of carbonyl (C=O) groups is 1. The van der Waals surface area contributed by atoms with Crippen LogP contribution in [0.15, 0.2) is 52.1 Å². The molecule has 1 fully saturated rings. The lowest BCUT2D eigenvalue weighted by atomic mass is 10.1. The van der Waals surface area contributed by atoms with Gasteiger partial charge in [-0.2, -0.15) is 0 Å². The standard InChI is InChI=1S/C20H26N4O3/c1-21-20(22-10-2-4-16-6-8-17(25)9-7-16)24-13-11-23(12-14-24)19(26)18-5-3-15-27-18/h3,5-9,15,25H,2,4,10-14H2,1H3,(H,21,22). The van der Waals surface area contributed by atoms with E-state index >= 15 is 0 Å². The number of aliphatic imine (C=N–C) groups is 1. The van der Waals surface area contributed by atoms with E-state index in [0.717, 1.165) is 38.4 Å². The van der Waals surface area contributed by atoms with Crippen LogP contribution in [0.3, 0.4) is 0 Å². The molecule has 2 heterocycles. The lowest BCUT2D eigenvalue weighted by molar-refractivity contribution is 0.0658. The van der Waals surface area contributed by atoms with Crippen LogP contribution in [-0.2, 0) is 6.42 Å². The summed E-state index contributed by atoms with van der Waals surface area (Å²) in [5, 5.41) is 12.7. The average molecular weight is 370 g/mol. The van der Waals surface area contributed by atoms with Crippen molar-refractivity contribution in [2.24, 2.45) is 4.99 Å². The second-order valence-corrected chi connectivity index (χ2v) is 6.50. The van der Waals surface area contributed by atoms with Gasteiger partial charge in [0, 0.05) is 39.8 Å². The first kappa shape index (κ1) is 18.8. The predicted molar refractivity (Wildman–Crippen MR) is 104 cm³/mol. The number of piperazine rings is 1. The molecule has 0 aliphatic carbocycles. The fourth-order valence-electron chi connectivity index (χ4n) is 3.17. The van der Waals surface area contributed by atoms with Gasteiger partial charge in [-0.05, 0) is 42.7 Å². The molecule has 1 aromatic heterocycles. The van der Waals surface area contributed by atoms with Gasteiger partial charge in [0.25, 0.3) is 5.91 Å². The molecule has 7 heteroatoms. The fourth-order valence-corrected chi connectivity index (χ4v) is 3.17. The zero-order valence-electron chi connectivity index (χ0n) is 15.6. The molecule has 0 radical (unpaired) electrons. The van der Waals surface area contributed by atoms with Crippen molar-refractivity contribution in [2.45, 2.75) is 12.8 Å². The Morgan fingerprint density at radius 3 is 2.48 bits per heavy atom. The van der Waals surface area contributed by atoms with Crippen LogP contribution in [0, 0.1) is 0 Å². The van der Waals surface area contributed by atoms with Gasteiger partial charge in [0.05, 0.1) is 6.26 Å². The molecular formula is C20H26N4O3. The molecule has 144 valence electrons. The molecule has 27 heavy (non-hydrogen) atoms. The molecule has 0 unspecified atom stereocenters. The molecule has 2 aromatic rings. The highest BCUT2D eigenvalue weighted by Gasteiger charge is 2.24. The maximum absolute atomic E-state index is 12.3. The average Bonchev–Trinajstić information content (AvgIpc) is 3.24. The molecule has 0 bridgehead atoms. The number of rotatable bonds is 5. The van der Waals surface area contributed by atoms with Crippen molar-refractivity contribution in [3.8, 4) is 5.75 Å². The largest absolute Gasteiger partial charge is 0.508 e. The van der Waals surface area contributed by atoms with Crippen molar-refractivity contribution < 1.29 is 14.3 Å². The minimum atomic E-state index is -0.0588. The molecule has 1 aliphatic heterocycles. The number of amides is 1. The highest BCUT2D eigenvalue weighted by atomic mass is 16.3. The SMILES string of the molecule is CN=C(NCCCc1ccc(O)cc1)N1CCN(C(=O)c2ccco2)CC1. The number of carbonyl (C=O) groups excluding carboxylic acids is 1. The van der Waals surface area contributed by atoms with Crippen molar-refractivity contribution in [2.75, 3.05) is 39.8 Å². The number of nitrogens with one attached hydrogen (secondary N) is 1. The number of guanidine groups is 1. The van der Waals surface area contributed by atoms with Gasteiger partial charge >= 0.3 is 0 Å². The summed E-state index contributed by atoms with van der Waals surface area (Å²) in [5.41, 5.74) is 1.20. The summed E-state index contributed by atoms with van der Waals surface area (Å²) >= 11 is 0. The Kier molecular flexibility index (Phi) is 6.35. The van der Waals surface area contributed by atoms with Crippen LogP contribution in [-0.4, -0.2) is 66.5 Å². The summed E-state index contributed by atoms with van der Waals surface area (Å²) in [5.74, 6) is 1.49. The van der Waals surface area contributed by atoms with Gasteiger partial charge in [0.2, 0.25) is 0 Å². The molecule has 1 saturated heterocycles. The van der Waals surface area contributed by atoms with E-state index in [4.69, 9.17) is 4.42 Å². The van der Waals surface area contributed by atoms with Gasteiger partial charge in [-0.1, -0.05) is 12.1 Å².